The molecule has 1 aliphatic rings. The van der Waals surface area contributed by atoms with Crippen LogP contribution in [0.4, 0.5) is 0 Å². The Balaban J connectivity index is 0.000000145. The molecule has 0 radical (unpaired) electrons. The fraction of sp³-hybridized carbons (Fsp3) is 1.00. The van der Waals surface area contributed by atoms with Crippen LogP contribution in [0.15, 0.2) is 0 Å². The van der Waals surface area contributed by atoms with E-state index in [2.05, 4.69) is 0 Å². The molecule has 1 fully saturated rings. The molecule has 0 aliphatic carbocycles. The second-order valence-corrected chi connectivity index (χ2v) is 3.09. The standard InChI is InChI=1S/C4H8O.2ClH.Co/c1-2-4-5-3-1;;;/h1-4H2;2*1H;/q;;;+2/p-2. The van der Waals surface area contributed by atoms with Gasteiger partial charge in [0.1, 0.15) is 0 Å². The van der Waals surface area contributed by atoms with E-state index in [-0.39, 0.29) is 0 Å². The topological polar surface area (TPSA) is 9.23 Å². The maximum absolute atomic E-state index is 4.94. The molecule has 0 N–H and O–H groups in total. The first-order valence-electron chi connectivity index (χ1n) is 2.33. The second kappa shape index (κ2) is 8.05. The monoisotopic (exact) mass is 201 g/mol. The van der Waals surface area contributed by atoms with E-state index in [0.717, 1.165) is 13.2 Å². The van der Waals surface area contributed by atoms with Gasteiger partial charge in [0.25, 0.3) is 0 Å². The summed E-state index contributed by atoms with van der Waals surface area (Å²) in [5, 5.41) is 0. The molecule has 4 heteroatoms. The molecule has 53 valence electrons. The van der Waals surface area contributed by atoms with Crippen molar-refractivity contribution in [3.63, 3.8) is 0 Å². The van der Waals surface area contributed by atoms with Gasteiger partial charge in [-0.2, -0.15) is 0 Å². The molecule has 1 nitrogen and oxygen atoms in total. The first-order chi connectivity index (χ1) is 3.91. The van der Waals surface area contributed by atoms with Crippen molar-refractivity contribution >= 4 is 20.3 Å². The van der Waals surface area contributed by atoms with E-state index in [1.165, 1.54) is 12.8 Å². The summed E-state index contributed by atoms with van der Waals surface area (Å²) in [7, 11) is 9.47. The molecule has 0 bridgehead atoms. The van der Waals surface area contributed by atoms with Crippen LogP contribution in [0.5, 0.6) is 0 Å². The van der Waals surface area contributed by atoms with Crippen LogP contribution in [0, 0.1) is 0 Å². The molecule has 0 aromatic rings. The molecule has 0 saturated carbocycles. The third kappa shape index (κ3) is 7.05. The van der Waals surface area contributed by atoms with Crippen molar-refractivity contribution in [2.75, 3.05) is 13.2 Å². The molecule has 1 rings (SSSR count). The van der Waals surface area contributed by atoms with Crippen molar-refractivity contribution in [2.45, 2.75) is 12.8 Å². The van der Waals surface area contributed by atoms with Crippen LogP contribution in [-0.2, 0) is 17.6 Å². The predicted molar refractivity (Wildman–Crippen MR) is 31.8 cm³/mol. The molecule has 0 amide bonds. The van der Waals surface area contributed by atoms with Gasteiger partial charge >= 0.3 is 33.2 Å². The van der Waals surface area contributed by atoms with Gasteiger partial charge < -0.3 is 4.74 Å². The molecular formula is C4H8Cl2CoO. The van der Waals surface area contributed by atoms with Gasteiger partial charge in [-0.05, 0) is 12.8 Å². The average Bonchev–Trinajstić information content (AvgIpc) is 2.17. The van der Waals surface area contributed by atoms with Crippen LogP contribution >= 0.6 is 20.3 Å². The van der Waals surface area contributed by atoms with Crippen molar-refractivity contribution < 1.29 is 17.6 Å². The van der Waals surface area contributed by atoms with Crippen LogP contribution in [0.2, 0.25) is 0 Å². The molecule has 0 aromatic heterocycles. The Morgan fingerprint density at radius 1 is 1.12 bits per heavy atom. The third-order valence-electron chi connectivity index (χ3n) is 0.827. The second-order valence-electron chi connectivity index (χ2n) is 1.37. The SMILES string of the molecule is C1CCOC1.[Cl][Co][Cl]. The summed E-state index contributed by atoms with van der Waals surface area (Å²) < 4.78 is 4.94. The summed E-state index contributed by atoms with van der Waals surface area (Å²) in [6, 6.07) is 0. The molecule has 0 atom stereocenters. The minimum absolute atomic E-state index is 0.382. The van der Waals surface area contributed by atoms with Crippen LogP contribution < -0.4 is 0 Å². The summed E-state index contributed by atoms with van der Waals surface area (Å²) in [5.41, 5.74) is 0. The molecule has 1 heterocycles. The number of halogens is 2. The summed E-state index contributed by atoms with van der Waals surface area (Å²) in [5.74, 6) is 0. The van der Waals surface area contributed by atoms with Gasteiger partial charge in [0, 0.05) is 13.2 Å². The summed E-state index contributed by atoms with van der Waals surface area (Å²) >= 11 is 0.382. The average molecular weight is 202 g/mol. The first-order valence-corrected chi connectivity index (χ1v) is 5.19. The molecule has 1 aliphatic heterocycles. The van der Waals surface area contributed by atoms with E-state index in [9.17, 15) is 0 Å². The van der Waals surface area contributed by atoms with Gasteiger partial charge in [-0.15, -0.1) is 0 Å². The van der Waals surface area contributed by atoms with Gasteiger partial charge in [0.15, 0.2) is 0 Å². The van der Waals surface area contributed by atoms with Crippen LogP contribution in [-0.4, -0.2) is 13.2 Å². The van der Waals surface area contributed by atoms with Crippen LogP contribution in [0.1, 0.15) is 12.8 Å². The van der Waals surface area contributed by atoms with E-state index in [1.54, 1.807) is 0 Å². The molecule has 8 heavy (non-hydrogen) atoms. The first kappa shape index (κ1) is 9.05. The van der Waals surface area contributed by atoms with Crippen molar-refractivity contribution in [3.8, 4) is 0 Å². The van der Waals surface area contributed by atoms with Gasteiger partial charge in [0.05, 0.1) is 0 Å². The fourth-order valence-corrected chi connectivity index (χ4v) is 0.510. The zero-order valence-corrected chi connectivity index (χ0v) is 6.88. The normalized spacial score (nSPS) is 17.8. The van der Waals surface area contributed by atoms with E-state index in [0.29, 0.717) is 12.9 Å². The Hall–Kier alpha value is 1.05. The Morgan fingerprint density at radius 3 is 1.62 bits per heavy atom. The zero-order valence-electron chi connectivity index (χ0n) is 4.33. The summed E-state index contributed by atoms with van der Waals surface area (Å²) in [6.45, 7) is 2.00. The summed E-state index contributed by atoms with van der Waals surface area (Å²) in [4.78, 5) is 0. The van der Waals surface area contributed by atoms with Gasteiger partial charge in [0.2, 0.25) is 0 Å². The molecular weight excluding hydrogens is 194 g/mol. The van der Waals surface area contributed by atoms with Crippen molar-refractivity contribution in [1.82, 2.24) is 0 Å². The van der Waals surface area contributed by atoms with Crippen LogP contribution in [0.25, 0.3) is 0 Å². The Morgan fingerprint density at radius 2 is 1.50 bits per heavy atom. The molecule has 0 spiro atoms. The number of hydrogen-bond acceptors (Lipinski definition) is 1. The Kier molecular flexibility index (Phi) is 9.10. The van der Waals surface area contributed by atoms with Crippen LogP contribution in [0.3, 0.4) is 0 Å². The summed E-state index contributed by atoms with van der Waals surface area (Å²) in [6.07, 6.45) is 2.56. The molecule has 1 saturated heterocycles. The Bertz CT molecular complexity index is 33.4. The third-order valence-corrected chi connectivity index (χ3v) is 0.827. The van der Waals surface area contributed by atoms with E-state index in [4.69, 9.17) is 25.0 Å². The van der Waals surface area contributed by atoms with E-state index in [1.807, 2.05) is 0 Å². The Labute approximate surface area is 64.2 Å². The maximum atomic E-state index is 4.94. The van der Waals surface area contributed by atoms with Crippen molar-refractivity contribution in [1.29, 1.82) is 0 Å². The number of rotatable bonds is 0. The zero-order chi connectivity index (χ0) is 6.24. The van der Waals surface area contributed by atoms with Crippen molar-refractivity contribution in [3.05, 3.63) is 0 Å². The predicted octanol–water partition coefficient (Wildman–Crippen LogP) is 2.17. The number of hydrogen-bond donors (Lipinski definition) is 0. The van der Waals surface area contributed by atoms with Crippen molar-refractivity contribution in [2.24, 2.45) is 0 Å². The molecule has 0 aromatic carbocycles. The van der Waals surface area contributed by atoms with E-state index < -0.39 is 0 Å². The minimum atomic E-state index is 0.382. The number of ether oxygens (including phenoxy) is 1. The quantitative estimate of drug-likeness (QED) is 0.584. The fourth-order valence-electron chi connectivity index (χ4n) is 0.510. The van der Waals surface area contributed by atoms with Gasteiger partial charge in [-0.1, -0.05) is 0 Å². The van der Waals surface area contributed by atoms with Gasteiger partial charge in [-0.25, -0.2) is 0 Å². The molecule has 0 unspecified atom stereocenters. The van der Waals surface area contributed by atoms with Gasteiger partial charge in [-0.3, -0.25) is 0 Å². The van der Waals surface area contributed by atoms with E-state index >= 15 is 0 Å².